The summed E-state index contributed by atoms with van der Waals surface area (Å²) in [5, 5.41) is 0.114. The van der Waals surface area contributed by atoms with Crippen molar-refractivity contribution in [2.75, 3.05) is 0 Å². The van der Waals surface area contributed by atoms with Gasteiger partial charge < -0.3 is 4.80 Å². The predicted molar refractivity (Wildman–Crippen MR) is 53.3 cm³/mol. The van der Waals surface area contributed by atoms with Crippen LogP contribution in [0.5, 0.6) is 0 Å². The van der Waals surface area contributed by atoms with Gasteiger partial charge in [0, 0.05) is 0 Å². The zero-order valence-corrected chi connectivity index (χ0v) is 9.73. The number of hydrogen-bond acceptors (Lipinski definition) is 1. The standard InChI is InChI=1S/C9H22OSi/c1-7-8(2)11(6,10)9(3,4)5/h8,10H,7H2,1-6H3. The summed E-state index contributed by atoms with van der Waals surface area (Å²) in [5.74, 6) is 0. The van der Waals surface area contributed by atoms with Gasteiger partial charge in [-0.05, 0) is 17.1 Å². The van der Waals surface area contributed by atoms with E-state index in [-0.39, 0.29) is 5.04 Å². The minimum atomic E-state index is -2.01. The molecule has 0 aromatic heterocycles. The molecule has 0 spiro atoms. The maximum absolute atomic E-state index is 10.3. The smallest absolute Gasteiger partial charge is 0.193 e. The fourth-order valence-corrected chi connectivity index (χ4v) is 3.41. The van der Waals surface area contributed by atoms with E-state index in [0.29, 0.717) is 5.54 Å². The molecule has 0 bridgehead atoms. The van der Waals surface area contributed by atoms with E-state index in [1.807, 2.05) is 0 Å². The van der Waals surface area contributed by atoms with Gasteiger partial charge in [0.2, 0.25) is 0 Å². The molecule has 0 rings (SSSR count). The van der Waals surface area contributed by atoms with Crippen LogP contribution in [-0.2, 0) is 0 Å². The maximum atomic E-state index is 10.3. The van der Waals surface area contributed by atoms with E-state index in [1.54, 1.807) is 0 Å². The van der Waals surface area contributed by atoms with Crippen LogP contribution in [-0.4, -0.2) is 13.1 Å². The van der Waals surface area contributed by atoms with E-state index in [9.17, 15) is 4.80 Å². The first-order valence-corrected chi connectivity index (χ1v) is 6.98. The Hall–Kier alpha value is 0.177. The average Bonchev–Trinajstić information content (AvgIpc) is 1.83. The second-order valence-electron chi connectivity index (χ2n) is 4.71. The van der Waals surface area contributed by atoms with E-state index in [2.05, 4.69) is 41.2 Å². The monoisotopic (exact) mass is 174 g/mol. The van der Waals surface area contributed by atoms with Crippen LogP contribution in [0.1, 0.15) is 41.0 Å². The summed E-state index contributed by atoms with van der Waals surface area (Å²) in [6.45, 7) is 12.8. The van der Waals surface area contributed by atoms with Crippen LogP contribution < -0.4 is 0 Å². The summed E-state index contributed by atoms with van der Waals surface area (Å²) in [6.07, 6.45) is 1.09. The molecule has 0 radical (unpaired) electrons. The van der Waals surface area contributed by atoms with Crippen molar-refractivity contribution in [3.8, 4) is 0 Å². The van der Waals surface area contributed by atoms with Crippen LogP contribution in [0.3, 0.4) is 0 Å². The van der Waals surface area contributed by atoms with Crippen molar-refractivity contribution in [3.63, 3.8) is 0 Å². The molecule has 1 N–H and O–H groups in total. The Morgan fingerprint density at radius 1 is 1.36 bits per heavy atom. The van der Waals surface area contributed by atoms with E-state index < -0.39 is 8.32 Å². The summed E-state index contributed by atoms with van der Waals surface area (Å²) in [4.78, 5) is 10.3. The fourth-order valence-electron chi connectivity index (χ4n) is 1.14. The Labute approximate surface area is 72.0 Å². The second kappa shape index (κ2) is 3.28. The highest BCUT2D eigenvalue weighted by atomic mass is 28.4. The first-order valence-electron chi connectivity index (χ1n) is 4.45. The summed E-state index contributed by atoms with van der Waals surface area (Å²) >= 11 is 0. The highest BCUT2D eigenvalue weighted by molar-refractivity contribution is 6.75. The molecule has 68 valence electrons. The second-order valence-corrected chi connectivity index (χ2v) is 9.49. The lowest BCUT2D eigenvalue weighted by Gasteiger charge is -2.38. The molecule has 0 aromatic rings. The Kier molecular flexibility index (Phi) is 3.33. The first-order chi connectivity index (χ1) is 4.73. The highest BCUT2D eigenvalue weighted by Gasteiger charge is 2.42. The molecule has 2 heteroatoms. The summed E-state index contributed by atoms with van der Waals surface area (Å²) < 4.78 is 0. The molecule has 2 unspecified atom stereocenters. The molecule has 0 aliphatic carbocycles. The van der Waals surface area contributed by atoms with Crippen LogP contribution in [0, 0.1) is 0 Å². The molecule has 0 saturated carbocycles. The zero-order chi connectivity index (χ0) is 9.28. The highest BCUT2D eigenvalue weighted by Crippen LogP contribution is 2.42. The molecule has 0 aliphatic rings. The van der Waals surface area contributed by atoms with Gasteiger partial charge in [-0.15, -0.1) is 0 Å². The van der Waals surface area contributed by atoms with Gasteiger partial charge in [-0.3, -0.25) is 0 Å². The van der Waals surface area contributed by atoms with Gasteiger partial charge in [-0.2, -0.15) is 0 Å². The molecule has 2 atom stereocenters. The molecule has 0 amide bonds. The normalized spacial score (nSPS) is 21.0. The van der Waals surface area contributed by atoms with Gasteiger partial charge in [0.15, 0.2) is 8.32 Å². The predicted octanol–water partition coefficient (Wildman–Crippen LogP) is 3.15. The summed E-state index contributed by atoms with van der Waals surface area (Å²) in [5.41, 5.74) is 0.502. The minimum Gasteiger partial charge on any atom is -0.431 e. The lowest BCUT2D eigenvalue weighted by Crippen LogP contribution is -2.44. The van der Waals surface area contributed by atoms with E-state index in [0.717, 1.165) is 6.42 Å². The van der Waals surface area contributed by atoms with Crippen molar-refractivity contribution in [1.82, 2.24) is 0 Å². The lowest BCUT2D eigenvalue weighted by atomic mass is 10.2. The molecular weight excluding hydrogens is 152 g/mol. The first kappa shape index (κ1) is 11.2. The molecule has 11 heavy (non-hydrogen) atoms. The van der Waals surface area contributed by atoms with Gasteiger partial charge in [0.05, 0.1) is 0 Å². The largest absolute Gasteiger partial charge is 0.431 e. The average molecular weight is 174 g/mol. The lowest BCUT2D eigenvalue weighted by molar-refractivity contribution is 0.451. The molecule has 1 nitrogen and oxygen atoms in total. The Morgan fingerprint density at radius 3 is 1.82 bits per heavy atom. The van der Waals surface area contributed by atoms with Gasteiger partial charge in [0.25, 0.3) is 0 Å². The van der Waals surface area contributed by atoms with Gasteiger partial charge in [-0.25, -0.2) is 0 Å². The molecule has 0 saturated heterocycles. The Bertz CT molecular complexity index is 124. The van der Waals surface area contributed by atoms with Crippen molar-refractivity contribution < 1.29 is 4.80 Å². The van der Waals surface area contributed by atoms with Crippen molar-refractivity contribution in [1.29, 1.82) is 0 Å². The molecule has 0 aliphatic heterocycles. The Balaban J connectivity index is 4.45. The van der Waals surface area contributed by atoms with E-state index in [4.69, 9.17) is 0 Å². The Morgan fingerprint density at radius 2 is 1.73 bits per heavy atom. The van der Waals surface area contributed by atoms with Gasteiger partial charge in [0.1, 0.15) is 0 Å². The van der Waals surface area contributed by atoms with Gasteiger partial charge in [-0.1, -0.05) is 41.0 Å². The minimum absolute atomic E-state index is 0.114. The van der Waals surface area contributed by atoms with Crippen molar-refractivity contribution >= 4 is 8.32 Å². The number of hydrogen-bond donors (Lipinski definition) is 1. The van der Waals surface area contributed by atoms with Crippen molar-refractivity contribution in [3.05, 3.63) is 0 Å². The van der Waals surface area contributed by atoms with Crippen molar-refractivity contribution in [2.24, 2.45) is 0 Å². The zero-order valence-electron chi connectivity index (χ0n) is 8.73. The topological polar surface area (TPSA) is 20.2 Å². The fraction of sp³-hybridized carbons (Fsp3) is 1.00. The van der Waals surface area contributed by atoms with Gasteiger partial charge >= 0.3 is 0 Å². The van der Waals surface area contributed by atoms with Crippen LogP contribution in [0.15, 0.2) is 0 Å². The maximum Gasteiger partial charge on any atom is 0.193 e. The third kappa shape index (κ3) is 2.31. The molecule has 0 fully saturated rings. The number of rotatable bonds is 2. The quantitative estimate of drug-likeness (QED) is 0.638. The third-order valence-electron chi connectivity index (χ3n) is 3.09. The van der Waals surface area contributed by atoms with Crippen molar-refractivity contribution in [2.45, 2.75) is 58.2 Å². The van der Waals surface area contributed by atoms with E-state index in [1.165, 1.54) is 0 Å². The van der Waals surface area contributed by atoms with Crippen LogP contribution in [0.25, 0.3) is 0 Å². The van der Waals surface area contributed by atoms with E-state index >= 15 is 0 Å². The molecule has 0 aromatic carbocycles. The van der Waals surface area contributed by atoms with Crippen LogP contribution >= 0.6 is 0 Å². The molecular formula is C9H22OSi. The summed E-state index contributed by atoms with van der Waals surface area (Å²) in [6, 6.07) is 0. The van der Waals surface area contributed by atoms with Crippen LogP contribution in [0.4, 0.5) is 0 Å². The third-order valence-corrected chi connectivity index (χ3v) is 8.45. The van der Waals surface area contributed by atoms with Crippen LogP contribution in [0.2, 0.25) is 17.1 Å². The summed E-state index contributed by atoms with van der Waals surface area (Å²) in [7, 11) is -2.01. The molecule has 0 heterocycles. The SMILES string of the molecule is CCC(C)[Si](C)(O)C(C)(C)C.